The maximum absolute atomic E-state index is 12.7. The van der Waals surface area contributed by atoms with Gasteiger partial charge < -0.3 is 10.6 Å². The molecule has 8 heteroatoms. The first kappa shape index (κ1) is 17.7. The number of hydrogen-bond donors (Lipinski definition) is 2. The molecule has 0 spiro atoms. The molecule has 2 heterocycles. The van der Waals surface area contributed by atoms with Crippen LogP contribution < -0.4 is 10.6 Å². The Morgan fingerprint density at radius 2 is 1.88 bits per heavy atom. The number of carbonyl (C=O) groups excluding carboxylic acids is 1. The largest absolute Gasteiger partial charge is 0.326 e. The lowest BCUT2D eigenvalue weighted by Crippen LogP contribution is -2.34. The highest BCUT2D eigenvalue weighted by atomic mass is 35.5. The van der Waals surface area contributed by atoms with Crippen LogP contribution in [0.3, 0.4) is 0 Å². The predicted molar refractivity (Wildman–Crippen MR) is 93.7 cm³/mol. The molecule has 24 heavy (non-hydrogen) atoms. The van der Waals surface area contributed by atoms with E-state index in [0.29, 0.717) is 18.8 Å². The molecule has 0 unspecified atom stereocenters. The van der Waals surface area contributed by atoms with Gasteiger partial charge in [-0.05, 0) is 57.0 Å². The van der Waals surface area contributed by atoms with Gasteiger partial charge in [-0.2, -0.15) is 4.31 Å². The summed E-state index contributed by atoms with van der Waals surface area (Å²) in [6.07, 6.45) is 3.31. The van der Waals surface area contributed by atoms with Crippen LogP contribution in [0.4, 0.5) is 5.69 Å². The van der Waals surface area contributed by atoms with Crippen LogP contribution in [0.25, 0.3) is 0 Å². The molecule has 0 bridgehead atoms. The molecule has 2 N–H and O–H groups in total. The standard InChI is InChI=1S/C16H22ClN3O3S/c17-14-4-3-13(19-16(21)12-5-7-18-8-6-12)11-15(14)24(22,23)20-9-1-2-10-20/h3-4,11-12,18H,1-2,5-10H2,(H,19,21). The van der Waals surface area contributed by atoms with Crippen molar-refractivity contribution in [1.82, 2.24) is 9.62 Å². The maximum atomic E-state index is 12.7. The minimum absolute atomic E-state index is 0.0411. The fourth-order valence-corrected chi connectivity index (χ4v) is 5.19. The fourth-order valence-electron chi connectivity index (χ4n) is 3.17. The van der Waals surface area contributed by atoms with Crippen molar-refractivity contribution in [1.29, 1.82) is 0 Å². The molecule has 2 saturated heterocycles. The van der Waals surface area contributed by atoms with Gasteiger partial charge in [0.15, 0.2) is 0 Å². The number of carbonyl (C=O) groups is 1. The molecule has 0 saturated carbocycles. The second-order valence-electron chi connectivity index (χ2n) is 6.27. The third-order valence-corrected chi connectivity index (χ3v) is 6.97. The first-order chi connectivity index (χ1) is 11.5. The van der Waals surface area contributed by atoms with Gasteiger partial charge in [-0.3, -0.25) is 4.79 Å². The Morgan fingerprint density at radius 1 is 1.21 bits per heavy atom. The monoisotopic (exact) mass is 371 g/mol. The van der Waals surface area contributed by atoms with Crippen molar-refractivity contribution in [2.75, 3.05) is 31.5 Å². The summed E-state index contributed by atoms with van der Waals surface area (Å²) in [5.74, 6) is -0.107. The van der Waals surface area contributed by atoms with Gasteiger partial charge in [0.2, 0.25) is 15.9 Å². The highest BCUT2D eigenvalue weighted by Crippen LogP contribution is 2.30. The number of anilines is 1. The highest BCUT2D eigenvalue weighted by molar-refractivity contribution is 7.89. The zero-order valence-corrected chi connectivity index (χ0v) is 15.0. The van der Waals surface area contributed by atoms with E-state index in [2.05, 4.69) is 10.6 Å². The van der Waals surface area contributed by atoms with Gasteiger partial charge in [-0.1, -0.05) is 11.6 Å². The lowest BCUT2D eigenvalue weighted by atomic mass is 9.97. The van der Waals surface area contributed by atoms with Crippen molar-refractivity contribution >= 4 is 33.2 Å². The van der Waals surface area contributed by atoms with Gasteiger partial charge >= 0.3 is 0 Å². The summed E-state index contributed by atoms with van der Waals surface area (Å²) in [4.78, 5) is 12.4. The second kappa shape index (κ2) is 7.39. The number of nitrogens with one attached hydrogen (secondary N) is 2. The number of piperidine rings is 1. The van der Waals surface area contributed by atoms with Crippen LogP contribution in [0.1, 0.15) is 25.7 Å². The second-order valence-corrected chi connectivity index (χ2v) is 8.58. The van der Waals surface area contributed by atoms with Gasteiger partial charge in [0, 0.05) is 24.7 Å². The lowest BCUT2D eigenvalue weighted by molar-refractivity contribution is -0.120. The molecule has 0 aliphatic carbocycles. The molecule has 3 rings (SSSR count). The topological polar surface area (TPSA) is 78.5 Å². The van der Waals surface area contributed by atoms with Gasteiger partial charge in [0.05, 0.1) is 5.02 Å². The van der Waals surface area contributed by atoms with E-state index in [9.17, 15) is 13.2 Å². The van der Waals surface area contributed by atoms with Crippen LogP contribution in [-0.4, -0.2) is 44.8 Å². The third kappa shape index (κ3) is 3.74. The summed E-state index contributed by atoms with van der Waals surface area (Å²) in [6.45, 7) is 2.69. The number of nitrogens with zero attached hydrogens (tertiary/aromatic N) is 1. The Bertz CT molecular complexity index is 711. The summed E-state index contributed by atoms with van der Waals surface area (Å²) < 4.78 is 26.9. The molecule has 0 atom stereocenters. The van der Waals surface area contributed by atoms with Crippen molar-refractivity contribution < 1.29 is 13.2 Å². The summed E-state index contributed by atoms with van der Waals surface area (Å²) in [5.41, 5.74) is 0.473. The molecule has 6 nitrogen and oxygen atoms in total. The minimum Gasteiger partial charge on any atom is -0.326 e. The molecule has 0 radical (unpaired) electrons. The van der Waals surface area contributed by atoms with Crippen molar-refractivity contribution in [3.8, 4) is 0 Å². The van der Waals surface area contributed by atoms with Crippen LogP contribution in [0.2, 0.25) is 5.02 Å². The van der Waals surface area contributed by atoms with Crippen LogP contribution in [0, 0.1) is 5.92 Å². The number of rotatable bonds is 4. The predicted octanol–water partition coefficient (Wildman–Crippen LogP) is 2.06. The average Bonchev–Trinajstić information content (AvgIpc) is 3.12. The van der Waals surface area contributed by atoms with Crippen LogP contribution in [-0.2, 0) is 14.8 Å². The molecule has 2 aliphatic heterocycles. The lowest BCUT2D eigenvalue weighted by Gasteiger charge is -2.22. The van der Waals surface area contributed by atoms with Gasteiger partial charge in [0.25, 0.3) is 0 Å². The quantitative estimate of drug-likeness (QED) is 0.849. The summed E-state index contributed by atoms with van der Waals surface area (Å²) >= 11 is 6.12. The normalized spacial score (nSPS) is 20.2. The van der Waals surface area contributed by atoms with E-state index < -0.39 is 10.0 Å². The van der Waals surface area contributed by atoms with Gasteiger partial charge in [0.1, 0.15) is 4.90 Å². The van der Waals surface area contributed by atoms with Crippen LogP contribution in [0.5, 0.6) is 0 Å². The first-order valence-electron chi connectivity index (χ1n) is 8.30. The fraction of sp³-hybridized carbons (Fsp3) is 0.562. The average molecular weight is 372 g/mol. The number of amides is 1. The Labute approximate surface area is 147 Å². The van der Waals surface area contributed by atoms with Gasteiger partial charge in [-0.25, -0.2) is 8.42 Å². The zero-order chi connectivity index (χ0) is 17.2. The molecule has 1 amide bonds. The summed E-state index contributed by atoms with van der Waals surface area (Å²) in [5, 5.41) is 6.23. The highest BCUT2D eigenvalue weighted by Gasteiger charge is 2.29. The molecule has 132 valence electrons. The molecule has 2 fully saturated rings. The van der Waals surface area contributed by atoms with Crippen molar-refractivity contribution in [3.05, 3.63) is 23.2 Å². The smallest absolute Gasteiger partial charge is 0.244 e. The van der Waals surface area contributed by atoms with E-state index in [-0.39, 0.29) is 21.7 Å². The zero-order valence-electron chi connectivity index (χ0n) is 13.4. The molecule has 1 aromatic rings. The third-order valence-electron chi connectivity index (χ3n) is 4.59. The van der Waals surface area contributed by atoms with E-state index in [1.165, 1.54) is 16.4 Å². The van der Waals surface area contributed by atoms with Crippen molar-refractivity contribution in [2.24, 2.45) is 5.92 Å². The van der Waals surface area contributed by atoms with E-state index in [4.69, 9.17) is 11.6 Å². The van der Waals surface area contributed by atoms with E-state index in [1.807, 2.05) is 0 Å². The van der Waals surface area contributed by atoms with Crippen LogP contribution >= 0.6 is 11.6 Å². The molecular weight excluding hydrogens is 350 g/mol. The minimum atomic E-state index is -3.61. The summed E-state index contributed by atoms with van der Waals surface area (Å²) in [6, 6.07) is 4.64. The Morgan fingerprint density at radius 3 is 2.54 bits per heavy atom. The van der Waals surface area contributed by atoms with Crippen molar-refractivity contribution in [3.63, 3.8) is 0 Å². The Balaban J connectivity index is 1.79. The molecule has 0 aromatic heterocycles. The number of sulfonamides is 1. The SMILES string of the molecule is O=C(Nc1ccc(Cl)c(S(=O)(=O)N2CCCC2)c1)C1CCNCC1. The molecule has 2 aliphatic rings. The Hall–Kier alpha value is -1.15. The molecular formula is C16H22ClN3O3S. The van der Waals surface area contributed by atoms with Crippen LogP contribution in [0.15, 0.2) is 23.1 Å². The first-order valence-corrected chi connectivity index (χ1v) is 10.1. The Kier molecular flexibility index (Phi) is 5.44. The summed E-state index contributed by atoms with van der Waals surface area (Å²) in [7, 11) is -3.61. The van der Waals surface area contributed by atoms with E-state index >= 15 is 0 Å². The van der Waals surface area contributed by atoms with E-state index in [1.54, 1.807) is 6.07 Å². The number of hydrogen-bond acceptors (Lipinski definition) is 4. The van der Waals surface area contributed by atoms with Gasteiger partial charge in [-0.15, -0.1) is 0 Å². The van der Waals surface area contributed by atoms with E-state index in [0.717, 1.165) is 38.8 Å². The maximum Gasteiger partial charge on any atom is 0.244 e. The number of halogens is 1. The van der Waals surface area contributed by atoms with Crippen molar-refractivity contribution in [2.45, 2.75) is 30.6 Å². The number of benzene rings is 1. The molecule has 1 aromatic carbocycles.